The van der Waals surface area contributed by atoms with Crippen molar-refractivity contribution < 1.29 is 18.3 Å². The Morgan fingerprint density at radius 1 is 1.11 bits per heavy atom. The molecular formula is C14H20F3NO. The molecule has 108 valence electrons. The van der Waals surface area contributed by atoms with Gasteiger partial charge in [0.05, 0.1) is 0 Å². The number of nitrogens with one attached hydrogen (secondary N) is 1. The molecule has 0 heterocycles. The van der Waals surface area contributed by atoms with Crippen LogP contribution in [-0.4, -0.2) is 23.9 Å². The first kappa shape index (κ1) is 16.0. The van der Waals surface area contributed by atoms with Gasteiger partial charge >= 0.3 is 6.18 Å². The molecule has 0 amide bonds. The van der Waals surface area contributed by atoms with E-state index in [1.165, 1.54) is 5.56 Å². The first-order valence-corrected chi connectivity index (χ1v) is 6.15. The molecule has 19 heavy (non-hydrogen) atoms. The molecule has 0 radical (unpaired) electrons. The van der Waals surface area contributed by atoms with Gasteiger partial charge in [0.25, 0.3) is 0 Å². The Morgan fingerprint density at radius 2 is 1.63 bits per heavy atom. The van der Waals surface area contributed by atoms with Crippen LogP contribution < -0.4 is 5.32 Å². The minimum absolute atomic E-state index is 0.0540. The second-order valence-electron chi connectivity index (χ2n) is 5.64. The Morgan fingerprint density at radius 3 is 2.05 bits per heavy atom. The number of hydrogen-bond donors (Lipinski definition) is 2. The summed E-state index contributed by atoms with van der Waals surface area (Å²) in [5.41, 5.74) is 2.12. The average molecular weight is 275 g/mol. The minimum atomic E-state index is -4.57. The zero-order valence-electron chi connectivity index (χ0n) is 11.4. The van der Waals surface area contributed by atoms with Crippen molar-refractivity contribution in [2.75, 3.05) is 6.54 Å². The standard InChI is InChI=1S/C14H20F3NO/c1-13(2,3)11-6-4-10(5-7-11)8-18-9-12(19)14(15,16)17/h4-7,12,18-19H,8-9H2,1-3H3. The van der Waals surface area contributed by atoms with Crippen molar-refractivity contribution in [3.63, 3.8) is 0 Å². The Hall–Kier alpha value is -1.07. The molecule has 1 atom stereocenters. The van der Waals surface area contributed by atoms with Crippen LogP contribution in [-0.2, 0) is 12.0 Å². The highest BCUT2D eigenvalue weighted by molar-refractivity contribution is 5.27. The van der Waals surface area contributed by atoms with Gasteiger partial charge in [-0.05, 0) is 16.5 Å². The first-order chi connectivity index (χ1) is 8.60. The van der Waals surface area contributed by atoms with Crippen molar-refractivity contribution in [2.45, 2.75) is 45.0 Å². The Bertz CT molecular complexity index is 393. The fourth-order valence-electron chi connectivity index (χ4n) is 1.59. The highest BCUT2D eigenvalue weighted by Gasteiger charge is 2.37. The third kappa shape index (κ3) is 5.20. The normalized spacial score (nSPS) is 14.5. The fraction of sp³-hybridized carbons (Fsp3) is 0.571. The summed E-state index contributed by atoms with van der Waals surface area (Å²) in [6.45, 7) is 6.10. The molecule has 0 aromatic heterocycles. The van der Waals surface area contributed by atoms with Crippen molar-refractivity contribution in [2.24, 2.45) is 0 Å². The number of alkyl halides is 3. The van der Waals surface area contributed by atoms with E-state index in [0.717, 1.165) is 5.56 Å². The van der Waals surface area contributed by atoms with Gasteiger partial charge in [0, 0.05) is 13.1 Å². The third-order valence-corrected chi connectivity index (χ3v) is 2.86. The SMILES string of the molecule is CC(C)(C)c1ccc(CNCC(O)C(F)(F)F)cc1. The summed E-state index contributed by atoms with van der Waals surface area (Å²) >= 11 is 0. The van der Waals surface area contributed by atoms with Crippen LogP contribution in [0.3, 0.4) is 0 Å². The maximum absolute atomic E-state index is 12.1. The van der Waals surface area contributed by atoms with Crippen LogP contribution in [0.15, 0.2) is 24.3 Å². The Labute approximate surface area is 111 Å². The summed E-state index contributed by atoms with van der Waals surface area (Å²) in [6, 6.07) is 7.70. The van der Waals surface area contributed by atoms with Crippen LogP contribution in [0.25, 0.3) is 0 Å². The van der Waals surface area contributed by atoms with Crippen LogP contribution >= 0.6 is 0 Å². The second-order valence-corrected chi connectivity index (χ2v) is 5.64. The molecule has 0 aliphatic rings. The van der Waals surface area contributed by atoms with E-state index < -0.39 is 18.8 Å². The zero-order chi connectivity index (χ0) is 14.7. The maximum Gasteiger partial charge on any atom is 0.415 e. The number of hydrogen-bond acceptors (Lipinski definition) is 2. The third-order valence-electron chi connectivity index (χ3n) is 2.86. The smallest absolute Gasteiger partial charge is 0.382 e. The number of halogens is 3. The molecule has 2 N–H and O–H groups in total. The maximum atomic E-state index is 12.1. The topological polar surface area (TPSA) is 32.3 Å². The van der Waals surface area contributed by atoms with Crippen LogP contribution in [0.1, 0.15) is 31.9 Å². The molecule has 1 unspecified atom stereocenters. The molecule has 5 heteroatoms. The number of rotatable bonds is 4. The first-order valence-electron chi connectivity index (χ1n) is 6.15. The monoisotopic (exact) mass is 275 g/mol. The lowest BCUT2D eigenvalue weighted by Crippen LogP contribution is -2.38. The molecule has 1 rings (SSSR count). The van der Waals surface area contributed by atoms with Gasteiger partial charge in [-0.1, -0.05) is 45.0 Å². The van der Waals surface area contributed by atoms with Crippen molar-refractivity contribution in [3.8, 4) is 0 Å². The van der Waals surface area contributed by atoms with Gasteiger partial charge in [-0.2, -0.15) is 13.2 Å². The van der Waals surface area contributed by atoms with E-state index in [-0.39, 0.29) is 5.41 Å². The van der Waals surface area contributed by atoms with E-state index >= 15 is 0 Å². The second kappa shape index (κ2) is 5.92. The molecular weight excluding hydrogens is 255 g/mol. The Balaban J connectivity index is 2.47. The highest BCUT2D eigenvalue weighted by atomic mass is 19.4. The lowest BCUT2D eigenvalue weighted by atomic mass is 9.87. The molecule has 0 spiro atoms. The highest BCUT2D eigenvalue weighted by Crippen LogP contribution is 2.22. The van der Waals surface area contributed by atoms with Crippen LogP contribution in [0.5, 0.6) is 0 Å². The summed E-state index contributed by atoms with van der Waals surface area (Å²) in [5.74, 6) is 0. The van der Waals surface area contributed by atoms with Gasteiger partial charge in [-0.15, -0.1) is 0 Å². The van der Waals surface area contributed by atoms with Crippen LogP contribution in [0, 0.1) is 0 Å². The lowest BCUT2D eigenvalue weighted by Gasteiger charge is -2.19. The van der Waals surface area contributed by atoms with E-state index in [1.54, 1.807) is 0 Å². The predicted octanol–water partition coefficient (Wildman–Crippen LogP) is 3.00. The predicted molar refractivity (Wildman–Crippen MR) is 68.9 cm³/mol. The summed E-state index contributed by atoms with van der Waals surface area (Å²) in [6.07, 6.45) is -6.88. The molecule has 0 aliphatic heterocycles. The summed E-state index contributed by atoms with van der Waals surface area (Å²) < 4.78 is 36.2. The van der Waals surface area contributed by atoms with Crippen LogP contribution in [0.2, 0.25) is 0 Å². The molecule has 2 nitrogen and oxygen atoms in total. The van der Waals surface area contributed by atoms with Gasteiger partial charge in [-0.3, -0.25) is 0 Å². The number of aliphatic hydroxyl groups is 1. The van der Waals surface area contributed by atoms with E-state index in [4.69, 9.17) is 5.11 Å². The summed E-state index contributed by atoms with van der Waals surface area (Å²) in [7, 11) is 0. The van der Waals surface area contributed by atoms with Crippen molar-refractivity contribution in [3.05, 3.63) is 35.4 Å². The summed E-state index contributed by atoms with van der Waals surface area (Å²) in [5, 5.41) is 11.4. The molecule has 0 bridgehead atoms. The van der Waals surface area contributed by atoms with Crippen molar-refractivity contribution in [1.82, 2.24) is 5.32 Å². The van der Waals surface area contributed by atoms with E-state index in [0.29, 0.717) is 6.54 Å². The minimum Gasteiger partial charge on any atom is -0.382 e. The Kier molecular flexibility index (Phi) is 4.98. The molecule has 0 saturated carbocycles. The van der Waals surface area contributed by atoms with E-state index in [1.807, 2.05) is 24.3 Å². The molecule has 1 aromatic rings. The average Bonchev–Trinajstić information content (AvgIpc) is 2.27. The van der Waals surface area contributed by atoms with E-state index in [2.05, 4.69) is 26.1 Å². The molecule has 0 fully saturated rings. The lowest BCUT2D eigenvalue weighted by molar-refractivity contribution is -0.201. The molecule has 0 saturated heterocycles. The van der Waals surface area contributed by atoms with Gasteiger partial charge in [0.15, 0.2) is 6.10 Å². The quantitative estimate of drug-likeness (QED) is 0.885. The van der Waals surface area contributed by atoms with Crippen molar-refractivity contribution >= 4 is 0 Å². The van der Waals surface area contributed by atoms with Crippen molar-refractivity contribution in [1.29, 1.82) is 0 Å². The fourth-order valence-corrected chi connectivity index (χ4v) is 1.59. The number of benzene rings is 1. The number of aliphatic hydroxyl groups excluding tert-OH is 1. The zero-order valence-corrected chi connectivity index (χ0v) is 11.4. The van der Waals surface area contributed by atoms with Crippen LogP contribution in [0.4, 0.5) is 13.2 Å². The van der Waals surface area contributed by atoms with E-state index in [9.17, 15) is 13.2 Å². The van der Waals surface area contributed by atoms with Gasteiger partial charge in [0.1, 0.15) is 0 Å². The van der Waals surface area contributed by atoms with Gasteiger partial charge in [0.2, 0.25) is 0 Å². The van der Waals surface area contributed by atoms with Gasteiger partial charge in [-0.25, -0.2) is 0 Å². The van der Waals surface area contributed by atoms with Gasteiger partial charge < -0.3 is 10.4 Å². The largest absolute Gasteiger partial charge is 0.415 e. The molecule has 1 aromatic carbocycles. The summed E-state index contributed by atoms with van der Waals surface area (Å²) in [4.78, 5) is 0. The molecule has 0 aliphatic carbocycles.